The van der Waals surface area contributed by atoms with E-state index in [-0.39, 0.29) is 30.8 Å². The number of rotatable bonds is 4. The number of carbonyl (C=O) groups is 3. The number of carbonyl (C=O) groups excluding carboxylic acids is 3. The summed E-state index contributed by atoms with van der Waals surface area (Å²) in [5, 5.41) is 3.37. The van der Waals surface area contributed by atoms with Crippen LogP contribution in [0.4, 0.5) is 0 Å². The van der Waals surface area contributed by atoms with Gasteiger partial charge in [-0.2, -0.15) is 0 Å². The van der Waals surface area contributed by atoms with Gasteiger partial charge in [-0.05, 0) is 30.5 Å². The van der Waals surface area contributed by atoms with Crippen LogP contribution >= 0.6 is 11.6 Å². The van der Waals surface area contributed by atoms with Crippen LogP contribution in [-0.2, 0) is 20.8 Å². The Labute approximate surface area is 157 Å². The fourth-order valence-electron chi connectivity index (χ4n) is 3.74. The highest BCUT2D eigenvalue weighted by molar-refractivity contribution is 6.30. The zero-order chi connectivity index (χ0) is 18.7. The molecule has 3 rings (SSSR count). The van der Waals surface area contributed by atoms with Gasteiger partial charge in [-0.25, -0.2) is 0 Å². The molecule has 2 aliphatic rings. The maximum atomic E-state index is 12.9. The van der Waals surface area contributed by atoms with Crippen molar-refractivity contribution in [3.8, 4) is 0 Å². The van der Waals surface area contributed by atoms with Crippen molar-refractivity contribution in [2.24, 2.45) is 5.73 Å². The second-order valence-electron chi connectivity index (χ2n) is 6.74. The lowest BCUT2D eigenvalue weighted by atomic mass is 9.85. The van der Waals surface area contributed by atoms with Crippen molar-refractivity contribution in [3.05, 3.63) is 34.9 Å². The van der Waals surface area contributed by atoms with Crippen molar-refractivity contribution in [1.29, 1.82) is 0 Å². The number of benzene rings is 1. The molecule has 0 bridgehead atoms. The molecule has 0 aromatic heterocycles. The van der Waals surface area contributed by atoms with Crippen molar-refractivity contribution < 1.29 is 14.4 Å². The van der Waals surface area contributed by atoms with Gasteiger partial charge in [0.1, 0.15) is 5.54 Å². The first-order valence-corrected chi connectivity index (χ1v) is 9.15. The zero-order valence-corrected chi connectivity index (χ0v) is 15.3. The van der Waals surface area contributed by atoms with Crippen LogP contribution in [0.1, 0.15) is 24.8 Å². The maximum absolute atomic E-state index is 12.9. The topological polar surface area (TPSA) is 95.7 Å². The second kappa shape index (κ2) is 7.63. The van der Waals surface area contributed by atoms with Crippen molar-refractivity contribution in [2.45, 2.75) is 31.2 Å². The summed E-state index contributed by atoms with van der Waals surface area (Å²) in [7, 11) is 0. The third-order valence-corrected chi connectivity index (χ3v) is 5.42. The summed E-state index contributed by atoms with van der Waals surface area (Å²) in [5.74, 6) is -0.257. The van der Waals surface area contributed by atoms with E-state index < -0.39 is 5.54 Å². The minimum Gasteiger partial charge on any atom is -0.342 e. The summed E-state index contributed by atoms with van der Waals surface area (Å²) in [5.41, 5.74) is 5.39. The van der Waals surface area contributed by atoms with Gasteiger partial charge in [0.25, 0.3) is 0 Å². The molecule has 26 heavy (non-hydrogen) atoms. The molecule has 3 amide bonds. The standard InChI is InChI=1S/C18H23ClN4O3/c19-14-3-1-2-13(10-14)11-16(25)23-12-21-17(26)18(23)5-8-22(9-6-18)15(24)4-7-20/h1-3,10H,4-9,11-12,20H2,(H,21,26). The number of hydrogen-bond acceptors (Lipinski definition) is 4. The molecule has 2 aliphatic heterocycles. The van der Waals surface area contributed by atoms with Crippen molar-refractivity contribution in [1.82, 2.24) is 15.1 Å². The second-order valence-corrected chi connectivity index (χ2v) is 7.18. The molecule has 2 saturated heterocycles. The van der Waals surface area contributed by atoms with Crippen LogP contribution in [0.15, 0.2) is 24.3 Å². The third-order valence-electron chi connectivity index (χ3n) is 5.18. The van der Waals surface area contributed by atoms with Crippen LogP contribution in [0.5, 0.6) is 0 Å². The average molecular weight is 379 g/mol. The molecule has 0 saturated carbocycles. The van der Waals surface area contributed by atoms with E-state index in [1.54, 1.807) is 28.0 Å². The van der Waals surface area contributed by atoms with Crippen LogP contribution in [0.3, 0.4) is 0 Å². The number of piperidine rings is 1. The highest BCUT2D eigenvalue weighted by Crippen LogP contribution is 2.33. The molecule has 0 unspecified atom stereocenters. The molecule has 8 heteroatoms. The van der Waals surface area contributed by atoms with E-state index >= 15 is 0 Å². The van der Waals surface area contributed by atoms with E-state index in [1.807, 2.05) is 6.07 Å². The van der Waals surface area contributed by atoms with E-state index in [4.69, 9.17) is 17.3 Å². The molecule has 1 spiro atoms. The van der Waals surface area contributed by atoms with Gasteiger partial charge < -0.3 is 20.9 Å². The van der Waals surface area contributed by atoms with Gasteiger partial charge in [0.05, 0.1) is 13.1 Å². The summed E-state index contributed by atoms with van der Waals surface area (Å²) < 4.78 is 0. The van der Waals surface area contributed by atoms with Crippen LogP contribution in [0, 0.1) is 0 Å². The van der Waals surface area contributed by atoms with Crippen molar-refractivity contribution in [3.63, 3.8) is 0 Å². The summed E-state index contributed by atoms with van der Waals surface area (Å²) in [6.45, 7) is 1.42. The molecule has 1 aromatic rings. The Morgan fingerprint density at radius 3 is 2.62 bits per heavy atom. The highest BCUT2D eigenvalue weighted by atomic mass is 35.5. The molecule has 1 aromatic carbocycles. The number of nitrogens with zero attached hydrogens (tertiary/aromatic N) is 2. The monoisotopic (exact) mass is 378 g/mol. The fraction of sp³-hybridized carbons (Fsp3) is 0.500. The lowest BCUT2D eigenvalue weighted by Gasteiger charge is -2.42. The minimum atomic E-state index is -0.866. The van der Waals surface area contributed by atoms with E-state index in [9.17, 15) is 14.4 Å². The number of likely N-dealkylation sites (tertiary alicyclic amines) is 1. The minimum absolute atomic E-state index is 0.00226. The molecule has 0 radical (unpaired) electrons. The summed E-state index contributed by atoms with van der Waals surface area (Å²) >= 11 is 5.99. The Bertz CT molecular complexity index is 716. The van der Waals surface area contributed by atoms with Crippen LogP contribution in [0.2, 0.25) is 5.02 Å². The van der Waals surface area contributed by atoms with E-state index in [1.165, 1.54) is 0 Å². The summed E-state index contributed by atoms with van der Waals surface area (Å²) in [6.07, 6.45) is 1.37. The van der Waals surface area contributed by atoms with Crippen LogP contribution in [-0.4, -0.2) is 59.4 Å². The predicted octanol–water partition coefficient (Wildman–Crippen LogP) is 0.508. The van der Waals surface area contributed by atoms with Gasteiger partial charge in [0.15, 0.2) is 0 Å². The largest absolute Gasteiger partial charge is 0.342 e. The quantitative estimate of drug-likeness (QED) is 0.797. The average Bonchev–Trinajstić information content (AvgIpc) is 2.92. The predicted molar refractivity (Wildman–Crippen MR) is 97.2 cm³/mol. The number of halogens is 1. The van der Waals surface area contributed by atoms with Crippen LogP contribution in [0.25, 0.3) is 0 Å². The van der Waals surface area contributed by atoms with Gasteiger partial charge in [-0.15, -0.1) is 0 Å². The smallest absolute Gasteiger partial charge is 0.247 e. The normalized spacial score (nSPS) is 18.9. The molecular formula is C18H23ClN4O3. The van der Waals surface area contributed by atoms with Gasteiger partial charge >= 0.3 is 0 Å². The van der Waals surface area contributed by atoms with E-state index in [2.05, 4.69) is 5.32 Å². The van der Waals surface area contributed by atoms with E-state index in [0.717, 1.165) is 5.56 Å². The SMILES string of the molecule is NCCC(=O)N1CCC2(CC1)C(=O)NCN2C(=O)Cc1cccc(Cl)c1. The van der Waals surface area contributed by atoms with Crippen molar-refractivity contribution in [2.75, 3.05) is 26.3 Å². The van der Waals surface area contributed by atoms with Crippen LogP contribution < -0.4 is 11.1 Å². The first-order chi connectivity index (χ1) is 12.5. The highest BCUT2D eigenvalue weighted by Gasteiger charge is 2.52. The first-order valence-electron chi connectivity index (χ1n) is 8.77. The molecule has 3 N–H and O–H groups in total. The van der Waals surface area contributed by atoms with Crippen molar-refractivity contribution >= 4 is 29.3 Å². The van der Waals surface area contributed by atoms with Gasteiger partial charge in [0.2, 0.25) is 17.7 Å². The molecule has 140 valence electrons. The Balaban J connectivity index is 1.71. The Morgan fingerprint density at radius 1 is 1.23 bits per heavy atom. The lowest BCUT2D eigenvalue weighted by molar-refractivity contribution is -0.145. The van der Waals surface area contributed by atoms with Gasteiger partial charge in [-0.3, -0.25) is 14.4 Å². The Morgan fingerprint density at radius 2 is 1.96 bits per heavy atom. The molecule has 2 heterocycles. The number of nitrogens with one attached hydrogen (secondary N) is 1. The number of amides is 3. The lowest BCUT2D eigenvalue weighted by Crippen LogP contribution is -2.58. The fourth-order valence-corrected chi connectivity index (χ4v) is 3.95. The summed E-state index contributed by atoms with van der Waals surface area (Å²) in [4.78, 5) is 40.8. The molecular weight excluding hydrogens is 356 g/mol. The van der Waals surface area contributed by atoms with Gasteiger partial charge in [0, 0.05) is 31.1 Å². The molecule has 0 aliphatic carbocycles. The first kappa shape index (κ1) is 18.7. The van der Waals surface area contributed by atoms with E-state index in [0.29, 0.717) is 43.9 Å². The number of hydrogen-bond donors (Lipinski definition) is 2. The zero-order valence-electron chi connectivity index (χ0n) is 14.5. The maximum Gasteiger partial charge on any atom is 0.247 e. The molecule has 2 fully saturated rings. The number of nitrogens with two attached hydrogens (primary N) is 1. The molecule has 7 nitrogen and oxygen atoms in total. The van der Waals surface area contributed by atoms with Gasteiger partial charge in [-0.1, -0.05) is 23.7 Å². The Kier molecular flexibility index (Phi) is 5.48. The third kappa shape index (κ3) is 3.54. The summed E-state index contributed by atoms with van der Waals surface area (Å²) in [6, 6.07) is 7.16. The Hall–Kier alpha value is -2.12. The molecule has 0 atom stereocenters.